The van der Waals surface area contributed by atoms with Gasteiger partial charge in [-0.15, -0.1) is 0 Å². The zero-order valence-electron chi connectivity index (χ0n) is 10.8. The summed E-state index contributed by atoms with van der Waals surface area (Å²) in [7, 11) is 1.65. The average molecular weight is 368 g/mol. The number of ether oxygens (including phenoxy) is 1. The molecule has 100 valence electrons. The number of aliphatic hydroxyl groups excluding tert-OH is 1. The Morgan fingerprint density at radius 3 is 1.89 bits per heavy atom. The highest BCUT2D eigenvalue weighted by atomic mass is 127. The van der Waals surface area contributed by atoms with Crippen LogP contribution in [0.15, 0.2) is 48.5 Å². The Kier molecular flexibility index (Phi) is 5.22. The highest BCUT2D eigenvalue weighted by Crippen LogP contribution is 2.15. The molecule has 0 aliphatic rings. The lowest BCUT2D eigenvalue weighted by molar-refractivity contribution is 0.175. The summed E-state index contributed by atoms with van der Waals surface area (Å²) in [4.78, 5) is 0. The quantitative estimate of drug-likeness (QED) is 0.820. The van der Waals surface area contributed by atoms with Crippen molar-refractivity contribution < 1.29 is 9.84 Å². The largest absolute Gasteiger partial charge is 0.497 e. The van der Waals surface area contributed by atoms with E-state index in [9.17, 15) is 5.11 Å². The minimum Gasteiger partial charge on any atom is -0.497 e. The summed E-state index contributed by atoms with van der Waals surface area (Å²) in [5.74, 6) is 0.843. The van der Waals surface area contributed by atoms with E-state index in [0.717, 1.165) is 11.3 Å². The first-order valence-electron chi connectivity index (χ1n) is 6.23. The number of aliphatic hydroxyl groups is 1. The highest BCUT2D eigenvalue weighted by molar-refractivity contribution is 14.1. The number of hydrogen-bond donors (Lipinski definition) is 1. The molecule has 0 heterocycles. The molecule has 0 radical (unpaired) electrons. The van der Waals surface area contributed by atoms with Crippen LogP contribution >= 0.6 is 22.6 Å². The molecule has 1 N–H and O–H groups in total. The summed E-state index contributed by atoms with van der Waals surface area (Å²) < 4.78 is 6.33. The molecule has 0 saturated heterocycles. The van der Waals surface area contributed by atoms with Crippen molar-refractivity contribution in [3.63, 3.8) is 0 Å². The van der Waals surface area contributed by atoms with Crippen molar-refractivity contribution in [2.24, 2.45) is 0 Å². The molecule has 0 saturated carbocycles. The van der Waals surface area contributed by atoms with E-state index in [1.165, 1.54) is 9.13 Å². The Bertz CT molecular complexity index is 505. The molecule has 2 rings (SSSR count). The molecule has 2 nitrogen and oxygen atoms in total. The summed E-state index contributed by atoms with van der Waals surface area (Å²) in [5.41, 5.74) is 2.29. The number of methoxy groups -OCH3 is 1. The van der Waals surface area contributed by atoms with Crippen LogP contribution in [0.5, 0.6) is 5.75 Å². The lowest BCUT2D eigenvalue weighted by atomic mass is 10.0. The van der Waals surface area contributed by atoms with Gasteiger partial charge in [0, 0.05) is 3.57 Å². The first-order valence-corrected chi connectivity index (χ1v) is 7.30. The summed E-state index contributed by atoms with van der Waals surface area (Å²) in [6.45, 7) is 0. The second-order valence-electron chi connectivity index (χ2n) is 4.54. The van der Waals surface area contributed by atoms with Crippen LogP contribution in [-0.2, 0) is 12.8 Å². The van der Waals surface area contributed by atoms with Crippen LogP contribution in [0.3, 0.4) is 0 Å². The highest BCUT2D eigenvalue weighted by Gasteiger charge is 2.07. The van der Waals surface area contributed by atoms with Crippen LogP contribution in [0, 0.1) is 3.57 Å². The molecule has 1 unspecified atom stereocenters. The molecule has 3 heteroatoms. The van der Waals surface area contributed by atoms with Crippen molar-refractivity contribution in [2.75, 3.05) is 7.11 Å². The molecule has 0 fully saturated rings. The van der Waals surface area contributed by atoms with Gasteiger partial charge in [-0.05, 0) is 70.8 Å². The molecule has 0 aromatic heterocycles. The van der Waals surface area contributed by atoms with Gasteiger partial charge in [-0.25, -0.2) is 0 Å². The molecule has 0 bridgehead atoms. The monoisotopic (exact) mass is 368 g/mol. The van der Waals surface area contributed by atoms with Crippen molar-refractivity contribution in [2.45, 2.75) is 18.9 Å². The van der Waals surface area contributed by atoms with Crippen molar-refractivity contribution in [1.82, 2.24) is 0 Å². The fraction of sp³-hybridized carbons (Fsp3) is 0.250. The maximum atomic E-state index is 10.1. The molecule has 0 aliphatic carbocycles. The first-order chi connectivity index (χ1) is 9.17. The van der Waals surface area contributed by atoms with Crippen LogP contribution in [0.25, 0.3) is 0 Å². The third-order valence-electron chi connectivity index (χ3n) is 3.01. The van der Waals surface area contributed by atoms with Crippen molar-refractivity contribution in [3.8, 4) is 5.75 Å². The first kappa shape index (κ1) is 14.3. The van der Waals surface area contributed by atoms with E-state index in [1.807, 2.05) is 24.3 Å². The van der Waals surface area contributed by atoms with Gasteiger partial charge in [-0.2, -0.15) is 0 Å². The Morgan fingerprint density at radius 2 is 1.42 bits per heavy atom. The van der Waals surface area contributed by atoms with Gasteiger partial charge in [0.05, 0.1) is 13.2 Å². The molecule has 1 atom stereocenters. The molecule has 0 spiro atoms. The van der Waals surface area contributed by atoms with Gasteiger partial charge < -0.3 is 9.84 Å². The summed E-state index contributed by atoms with van der Waals surface area (Å²) in [6, 6.07) is 16.1. The Balaban J connectivity index is 1.92. The molecule has 19 heavy (non-hydrogen) atoms. The zero-order chi connectivity index (χ0) is 13.7. The minimum absolute atomic E-state index is 0.353. The van der Waals surface area contributed by atoms with Crippen LogP contribution in [-0.4, -0.2) is 18.3 Å². The van der Waals surface area contributed by atoms with Crippen molar-refractivity contribution in [1.29, 1.82) is 0 Å². The minimum atomic E-state index is -0.353. The van der Waals surface area contributed by atoms with Gasteiger partial charge in [0.2, 0.25) is 0 Å². The smallest absolute Gasteiger partial charge is 0.118 e. The summed E-state index contributed by atoms with van der Waals surface area (Å²) >= 11 is 2.28. The average Bonchev–Trinajstić information content (AvgIpc) is 2.42. The maximum Gasteiger partial charge on any atom is 0.118 e. The third kappa shape index (κ3) is 4.51. The second-order valence-corrected chi connectivity index (χ2v) is 5.78. The van der Waals surface area contributed by atoms with Crippen LogP contribution in [0.2, 0.25) is 0 Å². The summed E-state index contributed by atoms with van der Waals surface area (Å²) in [5, 5.41) is 10.1. The number of benzene rings is 2. The van der Waals surface area contributed by atoms with E-state index < -0.39 is 0 Å². The number of hydrogen-bond acceptors (Lipinski definition) is 2. The van der Waals surface area contributed by atoms with Gasteiger partial charge >= 0.3 is 0 Å². The van der Waals surface area contributed by atoms with Crippen LogP contribution in [0.1, 0.15) is 11.1 Å². The van der Waals surface area contributed by atoms with Crippen LogP contribution < -0.4 is 4.74 Å². The van der Waals surface area contributed by atoms with E-state index in [2.05, 4.69) is 46.9 Å². The topological polar surface area (TPSA) is 29.5 Å². The molecule has 0 aliphatic heterocycles. The summed E-state index contributed by atoms with van der Waals surface area (Å²) in [6.07, 6.45) is 0.993. The van der Waals surface area contributed by atoms with Gasteiger partial charge in [0.1, 0.15) is 5.75 Å². The zero-order valence-corrected chi connectivity index (χ0v) is 13.0. The van der Waals surface area contributed by atoms with Crippen LogP contribution in [0.4, 0.5) is 0 Å². The van der Waals surface area contributed by atoms with E-state index in [0.29, 0.717) is 12.8 Å². The molecular formula is C16H17IO2. The van der Waals surface area contributed by atoms with E-state index in [-0.39, 0.29) is 6.10 Å². The lowest BCUT2D eigenvalue weighted by Crippen LogP contribution is -2.13. The predicted molar refractivity (Wildman–Crippen MR) is 85.6 cm³/mol. The fourth-order valence-electron chi connectivity index (χ4n) is 2.00. The SMILES string of the molecule is COc1ccc(CC(O)Cc2ccc(I)cc2)cc1. The van der Waals surface area contributed by atoms with Gasteiger partial charge in [0.25, 0.3) is 0 Å². The third-order valence-corrected chi connectivity index (χ3v) is 3.73. The molecule has 2 aromatic carbocycles. The lowest BCUT2D eigenvalue weighted by Gasteiger charge is -2.11. The second kappa shape index (κ2) is 6.91. The number of halogens is 1. The Morgan fingerprint density at radius 1 is 0.947 bits per heavy atom. The fourth-order valence-corrected chi connectivity index (χ4v) is 2.36. The predicted octanol–water partition coefficient (Wildman–Crippen LogP) is 3.45. The van der Waals surface area contributed by atoms with Gasteiger partial charge in [-0.1, -0.05) is 24.3 Å². The van der Waals surface area contributed by atoms with E-state index in [4.69, 9.17) is 4.74 Å². The van der Waals surface area contributed by atoms with Crippen molar-refractivity contribution >= 4 is 22.6 Å². The van der Waals surface area contributed by atoms with E-state index in [1.54, 1.807) is 7.11 Å². The standard InChI is InChI=1S/C16H17IO2/c1-19-16-8-4-13(5-9-16)11-15(18)10-12-2-6-14(17)7-3-12/h2-9,15,18H,10-11H2,1H3. The van der Waals surface area contributed by atoms with Gasteiger partial charge in [0.15, 0.2) is 0 Å². The Hall–Kier alpha value is -1.07. The maximum absolute atomic E-state index is 10.1. The molecular weight excluding hydrogens is 351 g/mol. The van der Waals surface area contributed by atoms with E-state index >= 15 is 0 Å². The van der Waals surface area contributed by atoms with Crippen molar-refractivity contribution in [3.05, 3.63) is 63.2 Å². The molecule has 2 aromatic rings. The van der Waals surface area contributed by atoms with Gasteiger partial charge in [-0.3, -0.25) is 0 Å². The Labute approximate surface area is 127 Å². The normalized spacial score (nSPS) is 12.2. The molecule has 0 amide bonds. The number of rotatable bonds is 5.